The minimum Gasteiger partial charge on any atom is -0.452 e. The van der Waals surface area contributed by atoms with E-state index in [9.17, 15) is 19.7 Å². The molecule has 0 bridgehead atoms. The Morgan fingerprint density at radius 1 is 0.903 bits per heavy atom. The van der Waals surface area contributed by atoms with Gasteiger partial charge in [-0.3, -0.25) is 14.9 Å². The number of benzene rings is 3. The fourth-order valence-corrected chi connectivity index (χ4v) is 2.97. The topological polar surface area (TPSA) is 116 Å². The molecule has 31 heavy (non-hydrogen) atoms. The van der Waals surface area contributed by atoms with E-state index < -0.39 is 23.2 Å². The first-order chi connectivity index (χ1) is 14.9. The van der Waals surface area contributed by atoms with E-state index in [2.05, 4.69) is 0 Å². The molecule has 0 radical (unpaired) electrons. The summed E-state index contributed by atoms with van der Waals surface area (Å²) in [5.74, 6) is -1.22. The van der Waals surface area contributed by atoms with Crippen molar-refractivity contribution in [1.29, 1.82) is 0 Å². The number of anilines is 1. The van der Waals surface area contributed by atoms with Crippen LogP contribution in [-0.4, -0.2) is 28.3 Å². The summed E-state index contributed by atoms with van der Waals surface area (Å²) in [7, 11) is 0. The fraction of sp³-hybridized carbons (Fsp3) is 0.130. The molecule has 0 fully saturated rings. The highest BCUT2D eigenvalue weighted by atomic mass is 16.6. The van der Waals surface area contributed by atoms with Crippen molar-refractivity contribution in [2.24, 2.45) is 0 Å². The quantitative estimate of drug-likeness (QED) is 0.258. The molecule has 0 atom stereocenters. The molecule has 0 unspecified atom stereocenters. The Labute approximate surface area is 179 Å². The van der Waals surface area contributed by atoms with Crippen molar-refractivity contribution in [2.45, 2.75) is 13.1 Å². The first-order valence-electron chi connectivity index (χ1n) is 9.50. The standard InChI is InChI=1S/C23H21N3O5/c24-20-12-11-19(13-21(20)26(29)30)23(28)31-16-22(27)25(14-17-7-3-1-4-8-17)15-18-9-5-2-6-10-18/h1-13H,14-16,24H2. The monoisotopic (exact) mass is 419 g/mol. The van der Waals surface area contributed by atoms with Crippen LogP contribution < -0.4 is 5.73 Å². The molecule has 0 heterocycles. The molecule has 3 aromatic rings. The number of hydrogen-bond donors (Lipinski definition) is 1. The van der Waals surface area contributed by atoms with E-state index in [1.807, 2.05) is 60.7 Å². The second-order valence-corrected chi connectivity index (χ2v) is 6.83. The van der Waals surface area contributed by atoms with E-state index in [0.29, 0.717) is 13.1 Å². The van der Waals surface area contributed by atoms with E-state index in [0.717, 1.165) is 17.2 Å². The molecular weight excluding hydrogens is 398 g/mol. The summed E-state index contributed by atoms with van der Waals surface area (Å²) >= 11 is 0. The first kappa shape index (κ1) is 21.5. The molecule has 0 spiro atoms. The summed E-state index contributed by atoms with van der Waals surface area (Å²) < 4.78 is 5.13. The number of amides is 1. The number of nitro groups is 1. The number of ether oxygens (including phenoxy) is 1. The van der Waals surface area contributed by atoms with Gasteiger partial charge in [-0.05, 0) is 23.3 Å². The normalized spacial score (nSPS) is 10.3. The Morgan fingerprint density at radius 3 is 1.97 bits per heavy atom. The van der Waals surface area contributed by atoms with Crippen molar-refractivity contribution >= 4 is 23.3 Å². The molecule has 1 amide bonds. The van der Waals surface area contributed by atoms with Crippen LogP contribution in [0.2, 0.25) is 0 Å². The number of carbonyl (C=O) groups is 2. The predicted octanol–water partition coefficient (Wildman–Crippen LogP) is 3.56. The van der Waals surface area contributed by atoms with E-state index in [1.165, 1.54) is 12.1 Å². The van der Waals surface area contributed by atoms with Gasteiger partial charge in [-0.2, -0.15) is 0 Å². The van der Waals surface area contributed by atoms with E-state index >= 15 is 0 Å². The predicted molar refractivity (Wildman–Crippen MR) is 115 cm³/mol. The van der Waals surface area contributed by atoms with Gasteiger partial charge >= 0.3 is 5.97 Å². The SMILES string of the molecule is Nc1ccc(C(=O)OCC(=O)N(Cc2ccccc2)Cc2ccccc2)cc1[N+](=O)[O-]. The number of nitrogens with two attached hydrogens (primary N) is 1. The van der Waals surface area contributed by atoms with Crippen LogP contribution in [0.15, 0.2) is 78.9 Å². The number of nitrogens with zero attached hydrogens (tertiary/aromatic N) is 2. The van der Waals surface area contributed by atoms with Gasteiger partial charge in [0.2, 0.25) is 0 Å². The molecule has 3 rings (SSSR count). The molecule has 0 aliphatic heterocycles. The molecule has 0 aromatic heterocycles. The van der Waals surface area contributed by atoms with Gasteiger partial charge in [0.05, 0.1) is 10.5 Å². The van der Waals surface area contributed by atoms with Crippen LogP contribution in [0.3, 0.4) is 0 Å². The average molecular weight is 419 g/mol. The maximum atomic E-state index is 12.8. The molecule has 158 valence electrons. The van der Waals surface area contributed by atoms with Crippen molar-refractivity contribution in [1.82, 2.24) is 4.90 Å². The molecule has 0 aliphatic carbocycles. The van der Waals surface area contributed by atoms with E-state index in [4.69, 9.17) is 10.5 Å². The van der Waals surface area contributed by atoms with Gasteiger partial charge in [0.25, 0.3) is 11.6 Å². The minimum absolute atomic E-state index is 0.0497. The lowest BCUT2D eigenvalue weighted by Gasteiger charge is -2.23. The van der Waals surface area contributed by atoms with E-state index in [1.54, 1.807) is 4.90 Å². The molecule has 2 N–H and O–H groups in total. The van der Waals surface area contributed by atoms with Gasteiger partial charge in [-0.1, -0.05) is 60.7 Å². The largest absolute Gasteiger partial charge is 0.452 e. The first-order valence-corrected chi connectivity index (χ1v) is 9.50. The van der Waals surface area contributed by atoms with Crippen LogP contribution in [0.1, 0.15) is 21.5 Å². The molecule has 0 aliphatic rings. The smallest absolute Gasteiger partial charge is 0.338 e. The summed E-state index contributed by atoms with van der Waals surface area (Å²) in [5.41, 5.74) is 6.92. The second-order valence-electron chi connectivity index (χ2n) is 6.83. The summed E-state index contributed by atoms with van der Waals surface area (Å²) in [6, 6.07) is 22.6. The molecule has 8 nitrogen and oxygen atoms in total. The van der Waals surface area contributed by atoms with Gasteiger partial charge in [0.15, 0.2) is 6.61 Å². The zero-order chi connectivity index (χ0) is 22.2. The van der Waals surface area contributed by atoms with Crippen LogP contribution in [0.5, 0.6) is 0 Å². The van der Waals surface area contributed by atoms with Gasteiger partial charge < -0.3 is 15.4 Å². The minimum atomic E-state index is -0.837. The van der Waals surface area contributed by atoms with Crippen molar-refractivity contribution in [3.8, 4) is 0 Å². The highest BCUT2D eigenvalue weighted by Crippen LogP contribution is 2.22. The fourth-order valence-electron chi connectivity index (χ4n) is 2.97. The van der Waals surface area contributed by atoms with Crippen LogP contribution in [0.25, 0.3) is 0 Å². The lowest BCUT2D eigenvalue weighted by Crippen LogP contribution is -2.34. The molecule has 0 saturated heterocycles. The van der Waals surface area contributed by atoms with Gasteiger partial charge in [0.1, 0.15) is 5.69 Å². The Hall–Kier alpha value is -4.20. The number of rotatable bonds is 8. The summed E-state index contributed by atoms with van der Waals surface area (Å²) in [4.78, 5) is 37.1. The third-order valence-corrected chi connectivity index (χ3v) is 4.57. The zero-order valence-corrected chi connectivity index (χ0v) is 16.6. The highest BCUT2D eigenvalue weighted by Gasteiger charge is 2.20. The average Bonchev–Trinajstić information content (AvgIpc) is 2.78. The van der Waals surface area contributed by atoms with Gasteiger partial charge in [-0.15, -0.1) is 0 Å². The third-order valence-electron chi connectivity index (χ3n) is 4.57. The maximum absolute atomic E-state index is 12.8. The van der Waals surface area contributed by atoms with Crippen LogP contribution >= 0.6 is 0 Å². The van der Waals surface area contributed by atoms with Gasteiger partial charge in [0, 0.05) is 19.2 Å². The van der Waals surface area contributed by atoms with Crippen molar-refractivity contribution in [3.63, 3.8) is 0 Å². The lowest BCUT2D eigenvalue weighted by molar-refractivity contribution is -0.383. The number of carbonyl (C=O) groups excluding carboxylic acids is 2. The van der Waals surface area contributed by atoms with E-state index in [-0.39, 0.29) is 17.2 Å². The number of hydrogen-bond acceptors (Lipinski definition) is 6. The number of nitrogen functional groups attached to an aromatic ring is 1. The summed E-state index contributed by atoms with van der Waals surface area (Å²) in [5, 5.41) is 11.0. The Kier molecular flexibility index (Phi) is 6.95. The summed E-state index contributed by atoms with van der Waals surface area (Å²) in [6.45, 7) is 0.204. The molecule has 3 aromatic carbocycles. The number of esters is 1. The summed E-state index contributed by atoms with van der Waals surface area (Å²) in [6.07, 6.45) is 0. The third kappa shape index (κ3) is 5.89. The van der Waals surface area contributed by atoms with Crippen LogP contribution in [0.4, 0.5) is 11.4 Å². The van der Waals surface area contributed by atoms with Gasteiger partial charge in [-0.25, -0.2) is 4.79 Å². The highest BCUT2D eigenvalue weighted by molar-refractivity contribution is 5.92. The Bertz CT molecular complexity index is 1030. The number of nitro benzene ring substituents is 1. The van der Waals surface area contributed by atoms with Crippen LogP contribution in [0, 0.1) is 10.1 Å². The molecular formula is C23H21N3O5. The second kappa shape index (κ2) is 10.0. The maximum Gasteiger partial charge on any atom is 0.338 e. The van der Waals surface area contributed by atoms with Crippen molar-refractivity contribution in [3.05, 3.63) is 106 Å². The van der Waals surface area contributed by atoms with Crippen LogP contribution in [-0.2, 0) is 22.6 Å². The van der Waals surface area contributed by atoms with Crippen molar-refractivity contribution in [2.75, 3.05) is 12.3 Å². The molecule has 8 heteroatoms. The Morgan fingerprint density at radius 2 is 1.45 bits per heavy atom. The zero-order valence-electron chi connectivity index (χ0n) is 16.6. The Balaban J connectivity index is 1.70. The molecule has 0 saturated carbocycles. The lowest BCUT2D eigenvalue weighted by atomic mass is 10.1. The van der Waals surface area contributed by atoms with Crippen molar-refractivity contribution < 1.29 is 19.2 Å².